The van der Waals surface area contributed by atoms with Crippen LogP contribution in [0.1, 0.15) is 11.3 Å². The van der Waals surface area contributed by atoms with E-state index in [1.54, 1.807) is 24.6 Å². The summed E-state index contributed by atoms with van der Waals surface area (Å²) in [6.45, 7) is 2.63. The van der Waals surface area contributed by atoms with Gasteiger partial charge in [-0.25, -0.2) is 4.98 Å². The van der Waals surface area contributed by atoms with E-state index >= 15 is 0 Å². The van der Waals surface area contributed by atoms with Gasteiger partial charge in [-0.15, -0.1) is 11.3 Å². The molecule has 0 spiro atoms. The molecular weight excluding hydrogens is 208 g/mol. The summed E-state index contributed by atoms with van der Waals surface area (Å²) in [5.74, 6) is 0. The number of hydrogen-bond donors (Lipinski definition) is 0. The third-order valence-corrected chi connectivity index (χ3v) is 3.04. The standard InChI is InChI=1S/C11H12N2OS/c1-8-3-4-12-5-10(8)11-13-9(6-14-2)7-15-11/h3-5,7H,6H2,1-2H3. The van der Waals surface area contributed by atoms with Crippen molar-refractivity contribution in [3.63, 3.8) is 0 Å². The first-order valence-electron chi connectivity index (χ1n) is 4.65. The van der Waals surface area contributed by atoms with Crippen LogP contribution in [0.5, 0.6) is 0 Å². The molecule has 0 aliphatic rings. The van der Waals surface area contributed by atoms with E-state index < -0.39 is 0 Å². The van der Waals surface area contributed by atoms with Crippen LogP contribution in [-0.2, 0) is 11.3 Å². The van der Waals surface area contributed by atoms with Crippen LogP contribution >= 0.6 is 11.3 Å². The fraction of sp³-hybridized carbons (Fsp3) is 0.273. The summed E-state index contributed by atoms with van der Waals surface area (Å²) in [7, 11) is 1.67. The first-order chi connectivity index (χ1) is 7.31. The van der Waals surface area contributed by atoms with Gasteiger partial charge in [-0.3, -0.25) is 4.98 Å². The Morgan fingerprint density at radius 2 is 2.33 bits per heavy atom. The topological polar surface area (TPSA) is 35.0 Å². The molecule has 2 heterocycles. The molecule has 0 saturated carbocycles. The van der Waals surface area contributed by atoms with Crippen LogP contribution in [0.4, 0.5) is 0 Å². The number of nitrogens with zero attached hydrogens (tertiary/aromatic N) is 2. The molecule has 2 aromatic rings. The molecule has 2 aromatic heterocycles. The van der Waals surface area contributed by atoms with Crippen molar-refractivity contribution in [1.29, 1.82) is 0 Å². The van der Waals surface area contributed by atoms with Gasteiger partial charge in [-0.05, 0) is 18.6 Å². The minimum atomic E-state index is 0.565. The Morgan fingerprint density at radius 1 is 1.47 bits per heavy atom. The number of methoxy groups -OCH3 is 1. The lowest BCUT2D eigenvalue weighted by atomic mass is 10.2. The van der Waals surface area contributed by atoms with Crippen molar-refractivity contribution < 1.29 is 4.74 Å². The third kappa shape index (κ3) is 2.22. The maximum atomic E-state index is 5.04. The summed E-state index contributed by atoms with van der Waals surface area (Å²) in [5.41, 5.74) is 3.27. The molecule has 0 aliphatic heterocycles. The number of hydrogen-bond acceptors (Lipinski definition) is 4. The average molecular weight is 220 g/mol. The van der Waals surface area contributed by atoms with E-state index in [1.165, 1.54) is 5.56 Å². The van der Waals surface area contributed by atoms with Crippen molar-refractivity contribution in [3.05, 3.63) is 35.1 Å². The van der Waals surface area contributed by atoms with Crippen molar-refractivity contribution >= 4 is 11.3 Å². The highest BCUT2D eigenvalue weighted by molar-refractivity contribution is 7.13. The summed E-state index contributed by atoms with van der Waals surface area (Å²) in [5, 5.41) is 3.03. The lowest BCUT2D eigenvalue weighted by Crippen LogP contribution is -1.88. The minimum absolute atomic E-state index is 0.565. The molecule has 0 aliphatic carbocycles. The maximum Gasteiger partial charge on any atom is 0.125 e. The molecule has 0 N–H and O–H groups in total. The zero-order valence-electron chi connectivity index (χ0n) is 8.73. The number of thiazole rings is 1. The van der Waals surface area contributed by atoms with E-state index in [4.69, 9.17) is 4.74 Å². The second-order valence-electron chi connectivity index (χ2n) is 3.27. The number of aromatic nitrogens is 2. The first kappa shape index (κ1) is 10.3. The molecule has 0 amide bonds. The monoisotopic (exact) mass is 220 g/mol. The van der Waals surface area contributed by atoms with Gasteiger partial charge in [0.15, 0.2) is 0 Å². The first-order valence-corrected chi connectivity index (χ1v) is 5.53. The van der Waals surface area contributed by atoms with Gasteiger partial charge < -0.3 is 4.74 Å². The lowest BCUT2D eigenvalue weighted by molar-refractivity contribution is 0.182. The van der Waals surface area contributed by atoms with Crippen molar-refractivity contribution in [1.82, 2.24) is 9.97 Å². The van der Waals surface area contributed by atoms with Gasteiger partial charge in [0.05, 0.1) is 12.3 Å². The summed E-state index contributed by atoms with van der Waals surface area (Å²) in [6.07, 6.45) is 3.65. The number of rotatable bonds is 3. The Kier molecular flexibility index (Phi) is 3.08. The highest BCUT2D eigenvalue weighted by atomic mass is 32.1. The van der Waals surface area contributed by atoms with Crippen LogP contribution in [0.3, 0.4) is 0 Å². The van der Waals surface area contributed by atoms with Crippen molar-refractivity contribution in [3.8, 4) is 10.6 Å². The Hall–Kier alpha value is -1.26. The molecule has 3 nitrogen and oxygen atoms in total. The van der Waals surface area contributed by atoms with E-state index in [-0.39, 0.29) is 0 Å². The highest BCUT2D eigenvalue weighted by Crippen LogP contribution is 2.25. The lowest BCUT2D eigenvalue weighted by Gasteiger charge is -1.99. The van der Waals surface area contributed by atoms with E-state index in [9.17, 15) is 0 Å². The van der Waals surface area contributed by atoms with Crippen LogP contribution in [0.2, 0.25) is 0 Å². The Bertz CT molecular complexity index is 453. The van der Waals surface area contributed by atoms with Gasteiger partial charge in [-0.2, -0.15) is 0 Å². The third-order valence-electron chi connectivity index (χ3n) is 2.11. The molecule has 0 radical (unpaired) electrons. The molecule has 0 unspecified atom stereocenters. The van der Waals surface area contributed by atoms with Crippen LogP contribution in [0, 0.1) is 6.92 Å². The molecular formula is C11H12N2OS. The van der Waals surface area contributed by atoms with Crippen molar-refractivity contribution in [2.75, 3.05) is 7.11 Å². The molecule has 0 aromatic carbocycles. The van der Waals surface area contributed by atoms with Crippen LogP contribution in [0.15, 0.2) is 23.8 Å². The van der Waals surface area contributed by atoms with Gasteiger partial charge in [0, 0.05) is 30.4 Å². The fourth-order valence-corrected chi connectivity index (χ4v) is 2.21. The second kappa shape index (κ2) is 4.51. The summed E-state index contributed by atoms with van der Waals surface area (Å²) < 4.78 is 5.04. The molecule has 2 rings (SSSR count). The zero-order chi connectivity index (χ0) is 10.7. The fourth-order valence-electron chi connectivity index (χ4n) is 1.33. The van der Waals surface area contributed by atoms with Crippen LogP contribution in [-0.4, -0.2) is 17.1 Å². The van der Waals surface area contributed by atoms with Gasteiger partial charge in [0.25, 0.3) is 0 Å². The quantitative estimate of drug-likeness (QED) is 0.797. The second-order valence-corrected chi connectivity index (χ2v) is 4.13. The summed E-state index contributed by atoms with van der Waals surface area (Å²) in [4.78, 5) is 8.60. The Morgan fingerprint density at radius 3 is 3.07 bits per heavy atom. The molecule has 4 heteroatoms. The summed E-state index contributed by atoms with van der Waals surface area (Å²) >= 11 is 1.63. The van der Waals surface area contributed by atoms with Crippen molar-refractivity contribution in [2.45, 2.75) is 13.5 Å². The normalized spacial score (nSPS) is 10.5. The average Bonchev–Trinajstić information content (AvgIpc) is 2.68. The Balaban J connectivity index is 2.33. The summed E-state index contributed by atoms with van der Waals surface area (Å²) in [6, 6.07) is 1.99. The smallest absolute Gasteiger partial charge is 0.125 e. The van der Waals surface area contributed by atoms with Crippen molar-refractivity contribution in [2.24, 2.45) is 0 Å². The van der Waals surface area contributed by atoms with E-state index in [2.05, 4.69) is 16.9 Å². The molecule has 0 fully saturated rings. The van der Waals surface area contributed by atoms with E-state index in [1.807, 2.05) is 17.6 Å². The number of aryl methyl sites for hydroxylation is 1. The van der Waals surface area contributed by atoms with Gasteiger partial charge >= 0.3 is 0 Å². The zero-order valence-corrected chi connectivity index (χ0v) is 9.54. The molecule has 0 saturated heterocycles. The maximum absolute atomic E-state index is 5.04. The highest BCUT2D eigenvalue weighted by Gasteiger charge is 2.06. The largest absolute Gasteiger partial charge is 0.378 e. The predicted octanol–water partition coefficient (Wildman–Crippen LogP) is 2.66. The van der Waals surface area contributed by atoms with Crippen LogP contribution < -0.4 is 0 Å². The molecule has 15 heavy (non-hydrogen) atoms. The molecule has 78 valence electrons. The van der Waals surface area contributed by atoms with Gasteiger partial charge in [0.1, 0.15) is 5.01 Å². The number of pyridine rings is 1. The number of ether oxygens (including phenoxy) is 1. The van der Waals surface area contributed by atoms with Gasteiger partial charge in [-0.1, -0.05) is 0 Å². The van der Waals surface area contributed by atoms with Crippen LogP contribution in [0.25, 0.3) is 10.6 Å². The minimum Gasteiger partial charge on any atom is -0.378 e. The molecule has 0 atom stereocenters. The molecule has 0 bridgehead atoms. The van der Waals surface area contributed by atoms with E-state index in [0.717, 1.165) is 16.3 Å². The predicted molar refractivity (Wildman–Crippen MR) is 60.8 cm³/mol. The SMILES string of the molecule is COCc1csc(-c2cnccc2C)n1. The Labute approximate surface area is 92.8 Å². The van der Waals surface area contributed by atoms with Gasteiger partial charge in [0.2, 0.25) is 0 Å². The van der Waals surface area contributed by atoms with E-state index in [0.29, 0.717) is 6.61 Å².